The maximum absolute atomic E-state index is 11.5. The van der Waals surface area contributed by atoms with Gasteiger partial charge in [0.2, 0.25) is 0 Å². The number of nitrogens with zero attached hydrogens (tertiary/aromatic N) is 1. The quantitative estimate of drug-likeness (QED) is 0.789. The SMILES string of the molecule is O=c1[nH]c(-c2ccccc2)ncc1CCl. The second-order valence-corrected chi connectivity index (χ2v) is 3.35. The topological polar surface area (TPSA) is 45.8 Å². The summed E-state index contributed by atoms with van der Waals surface area (Å²) < 4.78 is 0. The van der Waals surface area contributed by atoms with Gasteiger partial charge in [0, 0.05) is 11.8 Å². The molecule has 0 fully saturated rings. The molecule has 0 bridgehead atoms. The molecule has 76 valence electrons. The molecule has 2 aromatic rings. The number of rotatable bonds is 2. The van der Waals surface area contributed by atoms with Crippen molar-refractivity contribution in [2.45, 2.75) is 5.88 Å². The van der Waals surface area contributed by atoms with E-state index >= 15 is 0 Å². The van der Waals surface area contributed by atoms with E-state index in [9.17, 15) is 4.79 Å². The Kier molecular flexibility index (Phi) is 2.83. The van der Waals surface area contributed by atoms with Gasteiger partial charge >= 0.3 is 0 Å². The largest absolute Gasteiger partial charge is 0.306 e. The summed E-state index contributed by atoms with van der Waals surface area (Å²) in [6.45, 7) is 0. The summed E-state index contributed by atoms with van der Waals surface area (Å²) in [6, 6.07) is 9.47. The van der Waals surface area contributed by atoms with E-state index < -0.39 is 0 Å². The molecule has 15 heavy (non-hydrogen) atoms. The zero-order valence-corrected chi connectivity index (χ0v) is 8.66. The van der Waals surface area contributed by atoms with Crippen molar-refractivity contribution in [2.24, 2.45) is 0 Å². The van der Waals surface area contributed by atoms with Crippen molar-refractivity contribution in [1.82, 2.24) is 9.97 Å². The fourth-order valence-electron chi connectivity index (χ4n) is 1.26. The summed E-state index contributed by atoms with van der Waals surface area (Å²) in [6.07, 6.45) is 1.51. The average molecular weight is 221 g/mol. The Morgan fingerprint density at radius 1 is 1.27 bits per heavy atom. The molecule has 0 unspecified atom stereocenters. The average Bonchev–Trinajstić information content (AvgIpc) is 2.30. The first kappa shape index (κ1) is 9.93. The Balaban J connectivity index is 2.48. The zero-order valence-electron chi connectivity index (χ0n) is 7.90. The van der Waals surface area contributed by atoms with Crippen molar-refractivity contribution in [3.05, 3.63) is 52.4 Å². The van der Waals surface area contributed by atoms with E-state index in [0.717, 1.165) is 5.56 Å². The molecule has 3 nitrogen and oxygen atoms in total. The number of hydrogen-bond donors (Lipinski definition) is 1. The van der Waals surface area contributed by atoms with Gasteiger partial charge in [0.1, 0.15) is 5.82 Å². The molecule has 1 heterocycles. The first-order chi connectivity index (χ1) is 7.31. The van der Waals surface area contributed by atoms with E-state index in [-0.39, 0.29) is 11.4 Å². The molecule has 0 aliphatic heterocycles. The number of halogens is 1. The lowest BCUT2D eigenvalue weighted by atomic mass is 10.2. The molecule has 1 aromatic carbocycles. The molecule has 0 saturated carbocycles. The summed E-state index contributed by atoms with van der Waals surface area (Å²) in [5.41, 5.74) is 1.19. The van der Waals surface area contributed by atoms with Gasteiger partial charge < -0.3 is 4.98 Å². The predicted octanol–water partition coefficient (Wildman–Crippen LogP) is 2.18. The third-order valence-electron chi connectivity index (χ3n) is 2.06. The van der Waals surface area contributed by atoms with E-state index in [1.54, 1.807) is 0 Å². The number of hydrogen-bond acceptors (Lipinski definition) is 2. The van der Waals surface area contributed by atoms with Crippen LogP contribution in [-0.2, 0) is 5.88 Å². The van der Waals surface area contributed by atoms with Crippen molar-refractivity contribution in [3.8, 4) is 11.4 Å². The molecule has 1 aromatic heterocycles. The summed E-state index contributed by atoms with van der Waals surface area (Å²) in [7, 11) is 0. The summed E-state index contributed by atoms with van der Waals surface area (Å²) in [5, 5.41) is 0. The third kappa shape index (κ3) is 2.07. The summed E-state index contributed by atoms with van der Waals surface area (Å²) >= 11 is 5.57. The Hall–Kier alpha value is -1.61. The predicted molar refractivity (Wildman–Crippen MR) is 59.9 cm³/mol. The Morgan fingerprint density at radius 2 is 2.00 bits per heavy atom. The van der Waals surface area contributed by atoms with Crippen LogP contribution in [0.4, 0.5) is 0 Å². The van der Waals surface area contributed by atoms with Crippen LogP contribution in [0.3, 0.4) is 0 Å². The van der Waals surface area contributed by atoms with Gasteiger partial charge in [-0.05, 0) is 0 Å². The fourth-order valence-corrected chi connectivity index (χ4v) is 1.45. The highest BCUT2D eigenvalue weighted by atomic mass is 35.5. The lowest BCUT2D eigenvalue weighted by Crippen LogP contribution is -2.13. The molecular weight excluding hydrogens is 212 g/mol. The highest BCUT2D eigenvalue weighted by molar-refractivity contribution is 6.17. The third-order valence-corrected chi connectivity index (χ3v) is 2.35. The number of aromatic amines is 1. The van der Waals surface area contributed by atoms with Crippen LogP contribution in [0.25, 0.3) is 11.4 Å². The molecule has 2 rings (SSSR count). The lowest BCUT2D eigenvalue weighted by molar-refractivity contribution is 1.07. The van der Waals surface area contributed by atoms with Gasteiger partial charge in [-0.1, -0.05) is 30.3 Å². The molecule has 0 atom stereocenters. The van der Waals surface area contributed by atoms with E-state index in [1.165, 1.54) is 6.20 Å². The van der Waals surface area contributed by atoms with Gasteiger partial charge in [0.05, 0.1) is 11.4 Å². The maximum Gasteiger partial charge on any atom is 0.255 e. The van der Waals surface area contributed by atoms with Crippen molar-refractivity contribution in [1.29, 1.82) is 0 Å². The van der Waals surface area contributed by atoms with Gasteiger partial charge in [-0.15, -0.1) is 11.6 Å². The smallest absolute Gasteiger partial charge is 0.255 e. The highest BCUT2D eigenvalue weighted by Crippen LogP contribution is 2.11. The van der Waals surface area contributed by atoms with Gasteiger partial charge in [0.15, 0.2) is 0 Å². The van der Waals surface area contributed by atoms with Crippen LogP contribution in [0.5, 0.6) is 0 Å². The van der Waals surface area contributed by atoms with Crippen LogP contribution < -0.4 is 5.56 Å². The monoisotopic (exact) mass is 220 g/mol. The van der Waals surface area contributed by atoms with Crippen molar-refractivity contribution < 1.29 is 0 Å². The molecular formula is C11H9ClN2O. The van der Waals surface area contributed by atoms with Crippen molar-refractivity contribution in [3.63, 3.8) is 0 Å². The molecule has 4 heteroatoms. The van der Waals surface area contributed by atoms with Crippen LogP contribution in [0, 0.1) is 0 Å². The normalized spacial score (nSPS) is 10.2. The molecule has 0 aliphatic carbocycles. The standard InChI is InChI=1S/C11H9ClN2O/c12-6-9-7-13-10(14-11(9)15)8-4-2-1-3-5-8/h1-5,7H,6H2,(H,13,14,15). The molecule has 0 amide bonds. The Bertz CT molecular complexity index is 507. The Labute approximate surface area is 91.8 Å². The molecule has 0 radical (unpaired) electrons. The molecule has 0 aliphatic rings. The van der Waals surface area contributed by atoms with Crippen molar-refractivity contribution in [2.75, 3.05) is 0 Å². The van der Waals surface area contributed by atoms with E-state index in [1.807, 2.05) is 30.3 Å². The van der Waals surface area contributed by atoms with Crippen LogP contribution in [0.1, 0.15) is 5.56 Å². The zero-order chi connectivity index (χ0) is 10.7. The second-order valence-electron chi connectivity index (χ2n) is 3.09. The molecule has 1 N–H and O–H groups in total. The fraction of sp³-hybridized carbons (Fsp3) is 0.0909. The number of nitrogens with one attached hydrogen (secondary N) is 1. The van der Waals surface area contributed by atoms with Gasteiger partial charge in [-0.2, -0.15) is 0 Å². The summed E-state index contributed by atoms with van der Waals surface area (Å²) in [5.74, 6) is 0.742. The molecule has 0 saturated heterocycles. The number of H-pyrrole nitrogens is 1. The van der Waals surface area contributed by atoms with Crippen LogP contribution in [-0.4, -0.2) is 9.97 Å². The van der Waals surface area contributed by atoms with Crippen LogP contribution >= 0.6 is 11.6 Å². The van der Waals surface area contributed by atoms with Crippen molar-refractivity contribution >= 4 is 11.6 Å². The number of alkyl halides is 1. The number of aromatic nitrogens is 2. The van der Waals surface area contributed by atoms with Gasteiger partial charge in [-0.25, -0.2) is 4.98 Å². The van der Waals surface area contributed by atoms with Crippen LogP contribution in [0.2, 0.25) is 0 Å². The first-order valence-electron chi connectivity index (χ1n) is 4.51. The van der Waals surface area contributed by atoms with E-state index in [0.29, 0.717) is 11.4 Å². The highest BCUT2D eigenvalue weighted by Gasteiger charge is 2.02. The minimum absolute atomic E-state index is 0.178. The minimum Gasteiger partial charge on any atom is -0.306 e. The lowest BCUT2D eigenvalue weighted by Gasteiger charge is -2.00. The first-order valence-corrected chi connectivity index (χ1v) is 5.04. The summed E-state index contributed by atoms with van der Waals surface area (Å²) in [4.78, 5) is 18.3. The van der Waals surface area contributed by atoms with Gasteiger partial charge in [-0.3, -0.25) is 4.79 Å². The number of benzene rings is 1. The maximum atomic E-state index is 11.5. The van der Waals surface area contributed by atoms with E-state index in [4.69, 9.17) is 11.6 Å². The second kappa shape index (κ2) is 4.28. The molecule has 0 spiro atoms. The minimum atomic E-state index is -0.182. The van der Waals surface area contributed by atoms with Gasteiger partial charge in [0.25, 0.3) is 5.56 Å². The van der Waals surface area contributed by atoms with E-state index in [2.05, 4.69) is 9.97 Å². The van der Waals surface area contributed by atoms with Crippen LogP contribution in [0.15, 0.2) is 41.3 Å². The Morgan fingerprint density at radius 3 is 2.60 bits per heavy atom.